The number of thiazole rings is 1. The molecule has 0 radical (unpaired) electrons. The standard InChI is InChI=1S/C10H8N4S2/c15-9-12-13-10-14(9)8(6-16-10)11-7-4-2-1-3-5-7/h1-6,11H,(H,12,15). The van der Waals surface area contributed by atoms with E-state index in [-0.39, 0.29) is 0 Å². The molecule has 2 heterocycles. The fraction of sp³-hybridized carbons (Fsp3) is 0. The van der Waals surface area contributed by atoms with Gasteiger partial charge < -0.3 is 5.32 Å². The normalized spacial score (nSPS) is 10.8. The third kappa shape index (κ3) is 1.52. The second-order valence-corrected chi connectivity index (χ2v) is 4.48. The van der Waals surface area contributed by atoms with Crippen LogP contribution in [0.4, 0.5) is 11.5 Å². The van der Waals surface area contributed by atoms with Gasteiger partial charge in [-0.2, -0.15) is 0 Å². The van der Waals surface area contributed by atoms with E-state index in [1.807, 2.05) is 40.1 Å². The van der Waals surface area contributed by atoms with Gasteiger partial charge in [0.15, 0.2) is 0 Å². The number of H-pyrrole nitrogens is 1. The summed E-state index contributed by atoms with van der Waals surface area (Å²) in [6.07, 6.45) is 0. The van der Waals surface area contributed by atoms with Gasteiger partial charge in [-0.3, -0.25) is 5.10 Å². The Bertz CT molecular complexity index is 665. The highest BCUT2D eigenvalue weighted by Gasteiger charge is 2.05. The van der Waals surface area contributed by atoms with Crippen molar-refractivity contribution < 1.29 is 0 Å². The maximum atomic E-state index is 5.16. The lowest BCUT2D eigenvalue weighted by Gasteiger charge is -2.03. The fourth-order valence-corrected chi connectivity index (χ4v) is 2.55. The monoisotopic (exact) mass is 248 g/mol. The number of rotatable bonds is 2. The van der Waals surface area contributed by atoms with E-state index in [0.29, 0.717) is 4.77 Å². The summed E-state index contributed by atoms with van der Waals surface area (Å²) < 4.78 is 2.49. The van der Waals surface area contributed by atoms with Gasteiger partial charge in [-0.1, -0.05) is 18.2 Å². The molecular formula is C10H8N4S2. The van der Waals surface area contributed by atoms with Crippen LogP contribution in [0.3, 0.4) is 0 Å². The van der Waals surface area contributed by atoms with E-state index in [1.54, 1.807) is 11.3 Å². The van der Waals surface area contributed by atoms with Crippen molar-refractivity contribution >= 4 is 40.0 Å². The van der Waals surface area contributed by atoms with Crippen LogP contribution in [-0.4, -0.2) is 14.6 Å². The van der Waals surface area contributed by atoms with Crippen molar-refractivity contribution in [3.05, 3.63) is 40.5 Å². The lowest BCUT2D eigenvalue weighted by molar-refractivity contribution is 1.08. The Morgan fingerprint density at radius 3 is 2.94 bits per heavy atom. The van der Waals surface area contributed by atoms with Gasteiger partial charge >= 0.3 is 0 Å². The summed E-state index contributed by atoms with van der Waals surface area (Å²) in [5, 5.41) is 12.2. The van der Waals surface area contributed by atoms with E-state index in [2.05, 4.69) is 15.5 Å². The Morgan fingerprint density at radius 2 is 2.12 bits per heavy atom. The van der Waals surface area contributed by atoms with E-state index in [9.17, 15) is 0 Å². The van der Waals surface area contributed by atoms with Crippen LogP contribution in [0.1, 0.15) is 0 Å². The first-order chi connectivity index (χ1) is 7.84. The number of nitrogens with zero attached hydrogens (tertiary/aromatic N) is 2. The van der Waals surface area contributed by atoms with Gasteiger partial charge in [0.25, 0.3) is 0 Å². The van der Waals surface area contributed by atoms with E-state index < -0.39 is 0 Å². The number of aromatic amines is 1. The summed E-state index contributed by atoms with van der Waals surface area (Å²) in [5.74, 6) is 0.935. The van der Waals surface area contributed by atoms with Crippen molar-refractivity contribution in [1.82, 2.24) is 14.6 Å². The molecule has 80 valence electrons. The van der Waals surface area contributed by atoms with Gasteiger partial charge in [0.2, 0.25) is 9.73 Å². The lowest BCUT2D eigenvalue weighted by Crippen LogP contribution is -1.93. The maximum Gasteiger partial charge on any atom is 0.216 e. The minimum atomic E-state index is 0.606. The second-order valence-electron chi connectivity index (χ2n) is 3.26. The molecule has 0 saturated heterocycles. The molecule has 0 aliphatic rings. The number of hydrogen-bond donors (Lipinski definition) is 2. The minimum absolute atomic E-state index is 0.606. The van der Waals surface area contributed by atoms with E-state index >= 15 is 0 Å². The van der Waals surface area contributed by atoms with E-state index in [1.165, 1.54) is 0 Å². The lowest BCUT2D eigenvalue weighted by atomic mass is 10.3. The van der Waals surface area contributed by atoms with Gasteiger partial charge in [0, 0.05) is 11.1 Å². The first kappa shape index (κ1) is 9.56. The molecule has 0 spiro atoms. The van der Waals surface area contributed by atoms with Crippen LogP contribution in [0.5, 0.6) is 0 Å². The summed E-state index contributed by atoms with van der Waals surface area (Å²) in [7, 11) is 0. The van der Waals surface area contributed by atoms with Gasteiger partial charge in [-0.25, -0.2) is 4.40 Å². The number of fused-ring (bicyclic) bond motifs is 1. The number of para-hydroxylation sites is 1. The van der Waals surface area contributed by atoms with Crippen LogP contribution in [0.2, 0.25) is 0 Å². The van der Waals surface area contributed by atoms with Crippen molar-refractivity contribution in [2.45, 2.75) is 0 Å². The van der Waals surface area contributed by atoms with Gasteiger partial charge in [0.05, 0.1) is 0 Å². The summed E-state index contributed by atoms with van der Waals surface area (Å²) in [6, 6.07) is 9.97. The summed E-state index contributed by atoms with van der Waals surface area (Å²) in [5.41, 5.74) is 1.03. The molecule has 0 aliphatic carbocycles. The maximum absolute atomic E-state index is 5.16. The van der Waals surface area contributed by atoms with Crippen LogP contribution < -0.4 is 5.32 Å². The van der Waals surface area contributed by atoms with Crippen molar-refractivity contribution in [1.29, 1.82) is 0 Å². The molecule has 1 aromatic carbocycles. The Balaban J connectivity index is 2.07. The van der Waals surface area contributed by atoms with Crippen LogP contribution >= 0.6 is 23.6 Å². The number of hydrogen-bond acceptors (Lipinski definition) is 4. The van der Waals surface area contributed by atoms with E-state index in [4.69, 9.17) is 12.2 Å². The molecule has 0 aliphatic heterocycles. The zero-order valence-corrected chi connectivity index (χ0v) is 9.81. The number of nitrogens with one attached hydrogen (secondary N) is 2. The minimum Gasteiger partial charge on any atom is -0.341 e. The second kappa shape index (κ2) is 3.73. The predicted octanol–water partition coefficient (Wildman–Crippen LogP) is 3.20. The highest BCUT2D eigenvalue weighted by Crippen LogP contribution is 2.22. The largest absolute Gasteiger partial charge is 0.341 e. The molecule has 4 nitrogen and oxygen atoms in total. The molecular weight excluding hydrogens is 240 g/mol. The molecule has 0 fully saturated rings. The van der Waals surface area contributed by atoms with Gasteiger partial charge in [0.1, 0.15) is 5.82 Å². The summed E-state index contributed by atoms with van der Waals surface area (Å²) in [6.45, 7) is 0. The first-order valence-corrected chi connectivity index (χ1v) is 6.00. The molecule has 0 unspecified atom stereocenters. The molecule has 6 heteroatoms. The summed E-state index contributed by atoms with van der Waals surface area (Å²) in [4.78, 5) is 0.864. The Hall–Kier alpha value is -1.66. The van der Waals surface area contributed by atoms with Crippen LogP contribution in [0.15, 0.2) is 35.7 Å². The number of aromatic nitrogens is 3. The molecule has 3 rings (SSSR count). The number of anilines is 2. The quantitative estimate of drug-likeness (QED) is 0.685. The smallest absolute Gasteiger partial charge is 0.216 e. The Morgan fingerprint density at radius 1 is 1.31 bits per heavy atom. The molecule has 2 aromatic heterocycles. The predicted molar refractivity (Wildman–Crippen MR) is 68.0 cm³/mol. The van der Waals surface area contributed by atoms with Crippen LogP contribution in [0.25, 0.3) is 4.96 Å². The van der Waals surface area contributed by atoms with Crippen molar-refractivity contribution in [2.75, 3.05) is 5.32 Å². The van der Waals surface area contributed by atoms with Crippen LogP contribution in [0, 0.1) is 4.77 Å². The summed E-state index contributed by atoms with van der Waals surface area (Å²) >= 11 is 6.70. The zero-order chi connectivity index (χ0) is 11.0. The third-order valence-electron chi connectivity index (χ3n) is 2.20. The highest BCUT2D eigenvalue weighted by atomic mass is 32.1. The van der Waals surface area contributed by atoms with Crippen molar-refractivity contribution in [3.63, 3.8) is 0 Å². The molecule has 16 heavy (non-hydrogen) atoms. The molecule has 0 atom stereocenters. The van der Waals surface area contributed by atoms with Gasteiger partial charge in [-0.05, 0) is 24.4 Å². The third-order valence-corrected chi connectivity index (χ3v) is 3.30. The van der Waals surface area contributed by atoms with Gasteiger partial charge in [-0.15, -0.1) is 16.4 Å². The van der Waals surface area contributed by atoms with Crippen LogP contribution in [-0.2, 0) is 0 Å². The number of benzene rings is 1. The molecule has 2 N–H and O–H groups in total. The Labute approximate surface area is 101 Å². The average molecular weight is 248 g/mol. The molecule has 3 aromatic rings. The average Bonchev–Trinajstić information content (AvgIpc) is 2.86. The van der Waals surface area contributed by atoms with Crippen molar-refractivity contribution in [3.8, 4) is 0 Å². The SMILES string of the molecule is S=c1[nH]nc2scc(Nc3ccccc3)n12. The van der Waals surface area contributed by atoms with E-state index in [0.717, 1.165) is 16.5 Å². The Kier molecular flexibility index (Phi) is 2.23. The van der Waals surface area contributed by atoms with Crippen molar-refractivity contribution in [2.24, 2.45) is 0 Å². The zero-order valence-electron chi connectivity index (χ0n) is 8.18. The highest BCUT2D eigenvalue weighted by molar-refractivity contribution is 7.71. The first-order valence-electron chi connectivity index (χ1n) is 4.71. The fourth-order valence-electron chi connectivity index (χ4n) is 1.49. The molecule has 0 saturated carbocycles. The molecule has 0 bridgehead atoms. The molecule has 0 amide bonds. The topological polar surface area (TPSA) is 45.1 Å².